The van der Waals surface area contributed by atoms with Gasteiger partial charge in [-0.1, -0.05) is 44.2 Å². The van der Waals surface area contributed by atoms with Crippen LogP contribution in [-0.4, -0.2) is 119 Å². The lowest BCUT2D eigenvalue weighted by molar-refractivity contribution is -0.0798. The molecule has 0 aliphatic carbocycles. The average molecular weight is 848 g/mol. The van der Waals surface area contributed by atoms with E-state index in [0.29, 0.717) is 43.8 Å². The second-order valence-corrected chi connectivity index (χ2v) is 16.6. The van der Waals surface area contributed by atoms with Crippen LogP contribution in [0.4, 0.5) is 0 Å². The van der Waals surface area contributed by atoms with E-state index in [-0.39, 0.29) is 18.8 Å². The largest absolute Gasteiger partial charge is 0.388 e. The van der Waals surface area contributed by atoms with Crippen molar-refractivity contribution in [2.45, 2.75) is 121 Å². The van der Waals surface area contributed by atoms with Crippen LogP contribution in [0.2, 0.25) is 0 Å². The van der Waals surface area contributed by atoms with Gasteiger partial charge in [-0.3, -0.25) is 28.7 Å². The molecule has 4 saturated heterocycles. The van der Waals surface area contributed by atoms with Gasteiger partial charge in [-0.15, -0.1) is 0 Å². The summed E-state index contributed by atoms with van der Waals surface area (Å²) in [7, 11) is 1.76. The minimum atomic E-state index is -1.40. The van der Waals surface area contributed by atoms with E-state index >= 15 is 0 Å². The van der Waals surface area contributed by atoms with Crippen LogP contribution in [0.3, 0.4) is 0 Å². The minimum absolute atomic E-state index is 0.219. The molecule has 0 spiro atoms. The van der Waals surface area contributed by atoms with Gasteiger partial charge >= 0.3 is 11.4 Å². The third-order valence-electron chi connectivity index (χ3n) is 11.3. The van der Waals surface area contributed by atoms with Crippen LogP contribution in [0.25, 0.3) is 0 Å². The maximum Gasteiger partial charge on any atom is 0.330 e. The van der Waals surface area contributed by atoms with E-state index in [2.05, 4.69) is 33.7 Å². The Morgan fingerprint density at radius 3 is 1.90 bits per heavy atom. The Balaban J connectivity index is 0.000000227. The number of aromatic nitrogens is 4. The molecule has 2 aromatic heterocycles. The quantitative estimate of drug-likeness (QED) is 0.149. The number of hydrogen-bond acceptors (Lipinski definition) is 14. The molecule has 11 atom stereocenters. The van der Waals surface area contributed by atoms with Gasteiger partial charge in [-0.05, 0) is 52.0 Å². The number of hydrogen-bond donors (Lipinski definition) is 3. The first-order chi connectivity index (χ1) is 28.4. The second kappa shape index (κ2) is 20.0. The van der Waals surface area contributed by atoms with Gasteiger partial charge in [0.05, 0.1) is 44.7 Å². The topological polar surface area (TPSA) is 207 Å². The third-order valence-corrected chi connectivity index (χ3v) is 13.2. The number of benzene rings is 1. The summed E-state index contributed by atoms with van der Waals surface area (Å²) in [6.45, 7) is 11.5. The molecular formula is C40H58N5O13P. The first-order valence-electron chi connectivity index (χ1n) is 20.2. The van der Waals surface area contributed by atoms with Crippen LogP contribution in [0, 0.1) is 13.8 Å². The standard InChI is InChI=1S/C26H36N3O7P.C14H22N2O6/c1-5-19-21(22(33-15-14-32-4)24(34-19)28-16-17(2)23(30)27-25(28)31)35-37-29-13-9-12-20(29)26(3,36-37)18-10-7-6-8-11-18;1-4-9-10(17)11(21-6-5-20-3)13(22-9)16-7-8(2)12(18)15-14(16)19/h6-8,10-11,16,19-22,24H,5,9,12-15H2,1-4H3,(H,27,30,31);7,9-11,13,17H,4-6H2,1-3H3,(H,15,18,19)/t19-,20+,21?,22+,24-,26-,37+;9-,10?,11+,13-/m11/s1. The molecule has 2 unspecified atom stereocenters. The molecule has 4 fully saturated rings. The zero-order valence-corrected chi connectivity index (χ0v) is 35.6. The maximum absolute atomic E-state index is 12.8. The number of aliphatic hydroxyl groups excluding tert-OH is 1. The highest BCUT2D eigenvalue weighted by Gasteiger charge is 2.58. The van der Waals surface area contributed by atoms with Gasteiger partial charge < -0.3 is 42.6 Å². The predicted molar refractivity (Wildman–Crippen MR) is 216 cm³/mol. The molecule has 4 aliphatic heterocycles. The van der Waals surface area contributed by atoms with Crippen LogP contribution in [0.5, 0.6) is 0 Å². The molecule has 3 aromatic rings. The molecular weight excluding hydrogens is 789 g/mol. The van der Waals surface area contributed by atoms with Crippen LogP contribution < -0.4 is 22.5 Å². The molecule has 7 rings (SSSR count). The summed E-state index contributed by atoms with van der Waals surface area (Å²) in [6.07, 6.45) is 1.35. The van der Waals surface area contributed by atoms with E-state index < -0.39 is 79.6 Å². The summed E-state index contributed by atoms with van der Waals surface area (Å²) < 4.78 is 52.7. The van der Waals surface area contributed by atoms with Crippen molar-refractivity contribution in [3.63, 3.8) is 0 Å². The van der Waals surface area contributed by atoms with E-state index in [4.69, 9.17) is 37.5 Å². The molecule has 0 saturated carbocycles. The Morgan fingerprint density at radius 1 is 0.797 bits per heavy atom. The van der Waals surface area contributed by atoms with Gasteiger partial charge in [-0.25, -0.2) is 14.3 Å². The number of aliphatic hydroxyl groups is 1. The van der Waals surface area contributed by atoms with Crippen molar-refractivity contribution in [3.8, 4) is 0 Å². The number of H-pyrrole nitrogens is 2. The third kappa shape index (κ3) is 9.58. The van der Waals surface area contributed by atoms with Crippen molar-refractivity contribution < 1.29 is 42.6 Å². The fraction of sp³-hybridized carbons (Fsp3) is 0.650. The number of methoxy groups -OCH3 is 2. The van der Waals surface area contributed by atoms with Gasteiger partial charge in [-0.2, -0.15) is 0 Å². The van der Waals surface area contributed by atoms with Crippen LogP contribution >= 0.6 is 8.53 Å². The zero-order chi connectivity index (χ0) is 42.4. The van der Waals surface area contributed by atoms with E-state index in [0.717, 1.165) is 24.9 Å². The smallest absolute Gasteiger partial charge is 0.330 e. The lowest BCUT2D eigenvalue weighted by atomic mass is 9.87. The molecule has 0 bridgehead atoms. The summed E-state index contributed by atoms with van der Waals surface area (Å²) in [6, 6.07) is 10.5. The molecule has 0 radical (unpaired) electrons. The average Bonchev–Trinajstić information content (AvgIpc) is 3.99. The summed E-state index contributed by atoms with van der Waals surface area (Å²) in [5.74, 6) is 0. The van der Waals surface area contributed by atoms with E-state index in [1.54, 1.807) is 28.1 Å². The summed E-state index contributed by atoms with van der Waals surface area (Å²) in [4.78, 5) is 52.9. The van der Waals surface area contributed by atoms with Crippen LogP contribution in [-0.2, 0) is 43.1 Å². The molecule has 59 heavy (non-hydrogen) atoms. The number of rotatable bonds is 15. The molecule has 326 valence electrons. The molecule has 4 aliphatic rings. The van der Waals surface area contributed by atoms with E-state index in [9.17, 15) is 24.3 Å². The van der Waals surface area contributed by atoms with Gasteiger partial charge in [0.25, 0.3) is 19.6 Å². The molecule has 19 heteroatoms. The van der Waals surface area contributed by atoms with Crippen molar-refractivity contribution in [2.24, 2.45) is 0 Å². The minimum Gasteiger partial charge on any atom is -0.388 e. The first-order valence-corrected chi connectivity index (χ1v) is 21.3. The highest BCUT2D eigenvalue weighted by atomic mass is 31.2. The normalized spacial score (nSPS) is 31.7. The predicted octanol–water partition coefficient (Wildman–Crippen LogP) is 2.75. The van der Waals surface area contributed by atoms with Gasteiger partial charge in [0, 0.05) is 44.3 Å². The fourth-order valence-corrected chi connectivity index (χ4v) is 10.2. The molecule has 18 nitrogen and oxygen atoms in total. The summed E-state index contributed by atoms with van der Waals surface area (Å²) >= 11 is 0. The lowest BCUT2D eigenvalue weighted by Crippen LogP contribution is -2.41. The molecule has 6 heterocycles. The maximum atomic E-state index is 12.8. The highest BCUT2D eigenvalue weighted by Crippen LogP contribution is 2.64. The van der Waals surface area contributed by atoms with Crippen molar-refractivity contribution >= 4 is 8.53 Å². The molecule has 1 aromatic carbocycles. The van der Waals surface area contributed by atoms with Crippen LogP contribution in [0.15, 0.2) is 61.9 Å². The molecule has 0 amide bonds. The Labute approximate surface area is 343 Å². The van der Waals surface area contributed by atoms with Crippen molar-refractivity contribution in [1.82, 2.24) is 23.8 Å². The van der Waals surface area contributed by atoms with Gasteiger partial charge in [0.15, 0.2) is 12.5 Å². The number of ether oxygens (including phenoxy) is 6. The first kappa shape index (κ1) is 45.1. The number of fused-ring (bicyclic) bond motifs is 1. The monoisotopic (exact) mass is 847 g/mol. The van der Waals surface area contributed by atoms with E-state index in [1.165, 1.54) is 21.5 Å². The number of aryl methyl sites for hydroxylation is 2. The Bertz CT molecular complexity index is 2080. The Hall–Kier alpha value is -3.39. The van der Waals surface area contributed by atoms with Crippen molar-refractivity contribution in [2.75, 3.05) is 47.2 Å². The Kier molecular flexibility index (Phi) is 15.3. The molecule has 3 N–H and O–H groups in total. The summed E-state index contributed by atoms with van der Waals surface area (Å²) in [5, 5.41) is 10.3. The van der Waals surface area contributed by atoms with Crippen molar-refractivity contribution in [1.29, 1.82) is 0 Å². The highest BCUT2D eigenvalue weighted by molar-refractivity contribution is 7.45. The number of nitrogens with one attached hydrogen (secondary N) is 2. The Morgan fingerprint density at radius 2 is 1.34 bits per heavy atom. The zero-order valence-electron chi connectivity index (χ0n) is 34.7. The van der Waals surface area contributed by atoms with Crippen LogP contribution in [0.1, 0.15) is 75.6 Å². The van der Waals surface area contributed by atoms with Gasteiger partial charge in [0.1, 0.15) is 30.0 Å². The van der Waals surface area contributed by atoms with Gasteiger partial charge in [0.2, 0.25) is 0 Å². The lowest BCUT2D eigenvalue weighted by Gasteiger charge is -2.29. The number of nitrogens with zero attached hydrogens (tertiary/aromatic N) is 3. The van der Waals surface area contributed by atoms with E-state index in [1.807, 2.05) is 32.0 Å². The summed E-state index contributed by atoms with van der Waals surface area (Å²) in [5.41, 5.74) is -0.547. The SMILES string of the molecule is CC[C@H]1O[C@@H](n2cc(C)c(=O)[nH]c2=O)[C@@H](OCCOC)C1O.CC[C@H]1O[C@@H](n2cc(C)c(=O)[nH]c2=O)[C@@H](OCCOC)C1O[P@@]1O[C@](C)(c2ccccc2)[C@@H]2CCCN21. The second-order valence-electron chi connectivity index (χ2n) is 15.2. The number of aromatic amines is 2. The fourth-order valence-electron chi connectivity index (χ4n) is 8.09. The van der Waals surface area contributed by atoms with Crippen molar-refractivity contribution in [3.05, 3.63) is 101 Å².